The zero-order chi connectivity index (χ0) is 11.1. The van der Waals surface area contributed by atoms with Gasteiger partial charge < -0.3 is 10.1 Å². The van der Waals surface area contributed by atoms with Crippen LogP contribution in [0.3, 0.4) is 0 Å². The van der Waals surface area contributed by atoms with Crippen molar-refractivity contribution in [1.29, 1.82) is 0 Å². The molecule has 0 aromatic carbocycles. The van der Waals surface area contributed by atoms with Crippen molar-refractivity contribution in [2.45, 2.75) is 39.7 Å². The standard InChI is InChI=1S/C10H19NO3/c1-5-8(6-2)7(3)11-9(12)10(13)14-4/h7-8H,5-6H2,1-4H3,(H,11,12). The smallest absolute Gasteiger partial charge is 0.396 e. The molecule has 0 aliphatic rings. The van der Waals surface area contributed by atoms with Crippen LogP contribution in [0, 0.1) is 5.92 Å². The van der Waals surface area contributed by atoms with E-state index in [2.05, 4.69) is 23.9 Å². The van der Waals surface area contributed by atoms with E-state index in [4.69, 9.17) is 0 Å². The van der Waals surface area contributed by atoms with Gasteiger partial charge in [0.25, 0.3) is 0 Å². The fraction of sp³-hybridized carbons (Fsp3) is 0.800. The zero-order valence-corrected chi connectivity index (χ0v) is 9.29. The fourth-order valence-corrected chi connectivity index (χ4v) is 1.47. The molecule has 1 N–H and O–H groups in total. The summed E-state index contributed by atoms with van der Waals surface area (Å²) in [5.74, 6) is -1.08. The van der Waals surface area contributed by atoms with Gasteiger partial charge in [0.15, 0.2) is 0 Å². The van der Waals surface area contributed by atoms with Crippen molar-refractivity contribution in [3.63, 3.8) is 0 Å². The first kappa shape index (κ1) is 12.9. The van der Waals surface area contributed by atoms with Gasteiger partial charge in [-0.3, -0.25) is 4.79 Å². The predicted molar refractivity (Wildman–Crippen MR) is 53.7 cm³/mol. The third kappa shape index (κ3) is 3.77. The number of hydrogen-bond acceptors (Lipinski definition) is 3. The minimum absolute atomic E-state index is 0.0107. The number of rotatable bonds is 4. The normalized spacial score (nSPS) is 12.4. The van der Waals surface area contributed by atoms with Crippen molar-refractivity contribution < 1.29 is 14.3 Å². The Labute approximate surface area is 85.0 Å². The van der Waals surface area contributed by atoms with Gasteiger partial charge in [-0.1, -0.05) is 26.7 Å². The van der Waals surface area contributed by atoms with Crippen LogP contribution in [0.4, 0.5) is 0 Å². The van der Waals surface area contributed by atoms with E-state index in [9.17, 15) is 9.59 Å². The zero-order valence-electron chi connectivity index (χ0n) is 9.29. The molecule has 14 heavy (non-hydrogen) atoms. The summed E-state index contributed by atoms with van der Waals surface area (Å²) in [6, 6.07) is 0.0107. The minimum atomic E-state index is -0.831. The summed E-state index contributed by atoms with van der Waals surface area (Å²) in [4.78, 5) is 21.9. The van der Waals surface area contributed by atoms with E-state index >= 15 is 0 Å². The van der Waals surface area contributed by atoms with Gasteiger partial charge in [0.1, 0.15) is 0 Å². The lowest BCUT2D eigenvalue weighted by molar-refractivity contribution is -0.153. The summed E-state index contributed by atoms with van der Waals surface area (Å²) < 4.78 is 4.31. The van der Waals surface area contributed by atoms with Crippen LogP contribution in [0.5, 0.6) is 0 Å². The van der Waals surface area contributed by atoms with Crippen LogP contribution in [0.2, 0.25) is 0 Å². The summed E-state index contributed by atoms with van der Waals surface area (Å²) in [5, 5.41) is 2.62. The largest absolute Gasteiger partial charge is 0.462 e. The summed E-state index contributed by atoms with van der Waals surface area (Å²) >= 11 is 0. The third-order valence-corrected chi connectivity index (χ3v) is 2.49. The molecule has 1 unspecified atom stereocenters. The van der Waals surface area contributed by atoms with Crippen LogP contribution in [0.1, 0.15) is 33.6 Å². The second-order valence-corrected chi connectivity index (χ2v) is 3.33. The Morgan fingerprint density at radius 3 is 2.14 bits per heavy atom. The molecular weight excluding hydrogens is 182 g/mol. The van der Waals surface area contributed by atoms with Crippen LogP contribution in [-0.2, 0) is 14.3 Å². The van der Waals surface area contributed by atoms with E-state index in [-0.39, 0.29) is 6.04 Å². The van der Waals surface area contributed by atoms with Gasteiger partial charge in [0.2, 0.25) is 0 Å². The van der Waals surface area contributed by atoms with E-state index in [1.165, 1.54) is 7.11 Å². The monoisotopic (exact) mass is 201 g/mol. The van der Waals surface area contributed by atoms with Gasteiger partial charge in [-0.25, -0.2) is 4.79 Å². The van der Waals surface area contributed by atoms with Gasteiger partial charge in [0.05, 0.1) is 7.11 Å². The highest BCUT2D eigenvalue weighted by Gasteiger charge is 2.20. The minimum Gasteiger partial charge on any atom is -0.462 e. The number of carbonyl (C=O) groups is 2. The highest BCUT2D eigenvalue weighted by atomic mass is 16.5. The van der Waals surface area contributed by atoms with E-state index in [1.54, 1.807) is 0 Å². The highest BCUT2D eigenvalue weighted by molar-refractivity contribution is 6.32. The Morgan fingerprint density at radius 1 is 1.29 bits per heavy atom. The predicted octanol–water partition coefficient (Wildman–Crippen LogP) is 1.10. The van der Waals surface area contributed by atoms with E-state index in [0.717, 1.165) is 12.8 Å². The summed E-state index contributed by atoms with van der Waals surface area (Å²) in [5.41, 5.74) is 0. The fourth-order valence-electron chi connectivity index (χ4n) is 1.47. The molecule has 0 fully saturated rings. The maximum Gasteiger partial charge on any atom is 0.396 e. The molecule has 0 saturated carbocycles. The Morgan fingerprint density at radius 2 is 1.79 bits per heavy atom. The molecule has 0 bridgehead atoms. The van der Waals surface area contributed by atoms with Gasteiger partial charge in [-0.2, -0.15) is 0 Å². The molecule has 4 heteroatoms. The first-order chi connectivity index (χ1) is 6.56. The number of nitrogens with one attached hydrogen (secondary N) is 1. The lowest BCUT2D eigenvalue weighted by Crippen LogP contribution is -2.41. The van der Waals surface area contributed by atoms with Gasteiger partial charge in [-0.15, -0.1) is 0 Å². The molecule has 0 aromatic heterocycles. The van der Waals surface area contributed by atoms with Gasteiger partial charge in [0, 0.05) is 6.04 Å². The molecule has 0 aromatic rings. The Hall–Kier alpha value is -1.06. The van der Waals surface area contributed by atoms with Crippen molar-refractivity contribution in [3.05, 3.63) is 0 Å². The van der Waals surface area contributed by atoms with Crippen LogP contribution in [0.15, 0.2) is 0 Å². The van der Waals surface area contributed by atoms with Crippen molar-refractivity contribution in [2.24, 2.45) is 5.92 Å². The molecule has 1 atom stereocenters. The SMILES string of the molecule is CCC(CC)C(C)NC(=O)C(=O)OC. The molecule has 1 amide bonds. The number of esters is 1. The number of ether oxygens (including phenoxy) is 1. The molecular formula is C10H19NO3. The quantitative estimate of drug-likeness (QED) is 0.547. The van der Waals surface area contributed by atoms with Crippen LogP contribution >= 0.6 is 0 Å². The Balaban J connectivity index is 4.10. The van der Waals surface area contributed by atoms with Crippen molar-refractivity contribution in [2.75, 3.05) is 7.11 Å². The average Bonchev–Trinajstić information content (AvgIpc) is 2.18. The third-order valence-electron chi connectivity index (χ3n) is 2.49. The van der Waals surface area contributed by atoms with Gasteiger partial charge >= 0.3 is 11.9 Å². The molecule has 0 aliphatic heterocycles. The average molecular weight is 201 g/mol. The molecule has 4 nitrogen and oxygen atoms in total. The summed E-state index contributed by atoms with van der Waals surface area (Å²) in [7, 11) is 1.20. The van der Waals surface area contributed by atoms with Crippen molar-refractivity contribution in [1.82, 2.24) is 5.32 Å². The maximum atomic E-state index is 11.1. The molecule has 0 aliphatic carbocycles. The maximum absolute atomic E-state index is 11.1. The van der Waals surface area contributed by atoms with Crippen LogP contribution in [-0.4, -0.2) is 25.0 Å². The van der Waals surface area contributed by atoms with E-state index < -0.39 is 11.9 Å². The second kappa shape index (κ2) is 6.40. The van der Waals surface area contributed by atoms with Crippen molar-refractivity contribution in [3.8, 4) is 0 Å². The topological polar surface area (TPSA) is 55.4 Å². The van der Waals surface area contributed by atoms with Gasteiger partial charge in [-0.05, 0) is 12.8 Å². The summed E-state index contributed by atoms with van der Waals surface area (Å²) in [6.45, 7) is 6.03. The van der Waals surface area contributed by atoms with Crippen molar-refractivity contribution >= 4 is 11.9 Å². The lowest BCUT2D eigenvalue weighted by atomic mass is 9.95. The molecule has 0 radical (unpaired) electrons. The number of amides is 1. The lowest BCUT2D eigenvalue weighted by Gasteiger charge is -2.21. The number of methoxy groups -OCH3 is 1. The molecule has 0 heterocycles. The Bertz CT molecular complexity index is 200. The molecule has 0 spiro atoms. The first-order valence-electron chi connectivity index (χ1n) is 4.95. The first-order valence-corrected chi connectivity index (χ1v) is 4.95. The van der Waals surface area contributed by atoms with E-state index in [1.807, 2.05) is 6.92 Å². The Kier molecular flexibility index (Phi) is 5.92. The number of hydrogen-bond donors (Lipinski definition) is 1. The van der Waals surface area contributed by atoms with Crippen LogP contribution in [0.25, 0.3) is 0 Å². The number of carbonyl (C=O) groups excluding carboxylic acids is 2. The molecule has 82 valence electrons. The highest BCUT2D eigenvalue weighted by Crippen LogP contribution is 2.12. The molecule has 0 saturated heterocycles. The van der Waals surface area contributed by atoms with Crippen LogP contribution < -0.4 is 5.32 Å². The second-order valence-electron chi connectivity index (χ2n) is 3.33. The van der Waals surface area contributed by atoms with E-state index in [0.29, 0.717) is 5.92 Å². The molecule has 0 rings (SSSR count). The summed E-state index contributed by atoms with van der Waals surface area (Å²) in [6.07, 6.45) is 1.97.